The van der Waals surface area contributed by atoms with E-state index >= 15 is 0 Å². The van der Waals surface area contributed by atoms with Crippen molar-refractivity contribution in [1.82, 2.24) is 14.5 Å². The number of aryl methyl sites for hydroxylation is 1. The van der Waals surface area contributed by atoms with E-state index in [0.29, 0.717) is 12.1 Å². The number of nitro benzene ring substituents is 1. The summed E-state index contributed by atoms with van der Waals surface area (Å²) in [4.78, 5) is 14.6. The molecular formula is C14H22N4O4S. The molecule has 0 aromatic heterocycles. The topological polar surface area (TPSA) is 95.8 Å². The first-order valence-electron chi connectivity index (χ1n) is 7.45. The molecule has 1 aromatic carbocycles. The molecule has 0 spiro atoms. The van der Waals surface area contributed by atoms with Gasteiger partial charge < -0.3 is 4.90 Å². The number of benzene rings is 1. The molecule has 0 unspecified atom stereocenters. The fourth-order valence-corrected chi connectivity index (χ4v) is 3.76. The van der Waals surface area contributed by atoms with E-state index in [4.69, 9.17) is 0 Å². The molecule has 1 N–H and O–H groups in total. The molecule has 0 amide bonds. The Morgan fingerprint density at radius 3 is 2.52 bits per heavy atom. The lowest BCUT2D eigenvalue weighted by Gasteiger charge is -2.32. The van der Waals surface area contributed by atoms with E-state index in [1.54, 1.807) is 6.92 Å². The Morgan fingerprint density at radius 2 is 1.91 bits per heavy atom. The summed E-state index contributed by atoms with van der Waals surface area (Å²) in [5.74, 6) is 0. The average molecular weight is 342 g/mol. The molecule has 0 atom stereocenters. The minimum atomic E-state index is -3.75. The molecule has 9 heteroatoms. The number of nitrogens with one attached hydrogen (secondary N) is 1. The quantitative estimate of drug-likeness (QED) is 0.595. The summed E-state index contributed by atoms with van der Waals surface area (Å²) < 4.78 is 27.3. The van der Waals surface area contributed by atoms with E-state index in [1.165, 1.54) is 12.1 Å². The van der Waals surface area contributed by atoms with Crippen LogP contribution in [0, 0.1) is 17.0 Å². The van der Waals surface area contributed by atoms with Crippen LogP contribution in [0.4, 0.5) is 5.69 Å². The highest BCUT2D eigenvalue weighted by Crippen LogP contribution is 2.21. The Balaban J connectivity index is 1.99. The fourth-order valence-electron chi connectivity index (χ4n) is 2.48. The molecule has 128 valence electrons. The lowest BCUT2D eigenvalue weighted by molar-refractivity contribution is -0.385. The zero-order valence-corrected chi connectivity index (χ0v) is 14.2. The van der Waals surface area contributed by atoms with Crippen LogP contribution >= 0.6 is 0 Å². The molecule has 0 radical (unpaired) electrons. The van der Waals surface area contributed by atoms with Gasteiger partial charge in [0.2, 0.25) is 10.0 Å². The summed E-state index contributed by atoms with van der Waals surface area (Å²) in [6.07, 6.45) is 0. The number of piperazine rings is 1. The van der Waals surface area contributed by atoms with Crippen LogP contribution in [0.5, 0.6) is 0 Å². The number of non-ortho nitro benzene ring substituents is 1. The molecule has 1 saturated heterocycles. The Hall–Kier alpha value is -1.55. The number of nitrogens with zero attached hydrogens (tertiary/aromatic N) is 3. The molecule has 1 aliphatic rings. The number of hydrogen-bond donors (Lipinski definition) is 1. The van der Waals surface area contributed by atoms with Crippen molar-refractivity contribution in [3.63, 3.8) is 0 Å². The summed E-state index contributed by atoms with van der Waals surface area (Å²) in [6.45, 7) is 6.30. The van der Waals surface area contributed by atoms with Crippen LogP contribution < -0.4 is 4.72 Å². The molecule has 23 heavy (non-hydrogen) atoms. The second-order valence-corrected chi connectivity index (χ2v) is 7.48. The van der Waals surface area contributed by atoms with E-state index in [-0.39, 0.29) is 17.1 Å². The largest absolute Gasteiger partial charge is 0.304 e. The SMILES string of the molecule is Cc1ccc([N+](=O)[O-])cc1S(=O)(=O)NCCN1CCN(C)CC1. The monoisotopic (exact) mass is 342 g/mol. The third kappa shape index (κ3) is 4.71. The molecule has 1 aromatic rings. The zero-order chi connectivity index (χ0) is 17.0. The molecule has 0 bridgehead atoms. The van der Waals surface area contributed by atoms with Gasteiger partial charge in [0.1, 0.15) is 0 Å². The van der Waals surface area contributed by atoms with Crippen LogP contribution in [0.1, 0.15) is 5.56 Å². The fraction of sp³-hybridized carbons (Fsp3) is 0.571. The predicted octanol–water partition coefficient (Wildman–Crippen LogP) is 0.429. The van der Waals surface area contributed by atoms with Crippen molar-refractivity contribution in [3.8, 4) is 0 Å². The number of sulfonamides is 1. The second-order valence-electron chi connectivity index (χ2n) is 5.75. The number of rotatable bonds is 6. The van der Waals surface area contributed by atoms with Gasteiger partial charge in [0.15, 0.2) is 0 Å². The third-order valence-corrected chi connectivity index (χ3v) is 5.59. The molecule has 2 rings (SSSR count). The van der Waals surface area contributed by atoms with Gasteiger partial charge in [-0.05, 0) is 19.5 Å². The van der Waals surface area contributed by atoms with E-state index in [9.17, 15) is 18.5 Å². The maximum atomic E-state index is 12.4. The van der Waals surface area contributed by atoms with Crippen molar-refractivity contribution in [2.75, 3.05) is 46.3 Å². The number of hydrogen-bond acceptors (Lipinski definition) is 6. The Kier molecular flexibility index (Phi) is 5.69. The van der Waals surface area contributed by atoms with Gasteiger partial charge in [-0.15, -0.1) is 0 Å². The molecule has 1 heterocycles. The standard InChI is InChI=1S/C14H22N4O4S/c1-12-3-4-13(18(19)20)11-14(12)23(21,22)15-5-6-17-9-7-16(2)8-10-17/h3-4,11,15H,5-10H2,1-2H3. The highest BCUT2D eigenvalue weighted by Gasteiger charge is 2.21. The normalized spacial score (nSPS) is 17.3. The first kappa shape index (κ1) is 17.8. The van der Waals surface area contributed by atoms with Gasteiger partial charge in [-0.3, -0.25) is 15.0 Å². The molecule has 0 aliphatic carbocycles. The van der Waals surface area contributed by atoms with Gasteiger partial charge in [-0.25, -0.2) is 13.1 Å². The maximum Gasteiger partial charge on any atom is 0.270 e. The van der Waals surface area contributed by atoms with Crippen molar-refractivity contribution < 1.29 is 13.3 Å². The first-order chi connectivity index (χ1) is 10.8. The van der Waals surface area contributed by atoms with Crippen molar-refractivity contribution >= 4 is 15.7 Å². The first-order valence-corrected chi connectivity index (χ1v) is 8.93. The van der Waals surface area contributed by atoms with Gasteiger partial charge in [0.05, 0.1) is 9.82 Å². The minimum Gasteiger partial charge on any atom is -0.304 e. The van der Waals surface area contributed by atoms with Crippen LogP contribution in [-0.2, 0) is 10.0 Å². The molecular weight excluding hydrogens is 320 g/mol. The van der Waals surface area contributed by atoms with E-state index in [1.807, 2.05) is 0 Å². The molecule has 1 aliphatic heterocycles. The predicted molar refractivity (Wildman–Crippen MR) is 87.0 cm³/mol. The van der Waals surface area contributed by atoms with Gasteiger partial charge >= 0.3 is 0 Å². The van der Waals surface area contributed by atoms with Gasteiger partial charge in [0.25, 0.3) is 5.69 Å². The smallest absolute Gasteiger partial charge is 0.270 e. The summed E-state index contributed by atoms with van der Waals surface area (Å²) in [5, 5.41) is 10.8. The summed E-state index contributed by atoms with van der Waals surface area (Å²) >= 11 is 0. The number of nitro groups is 1. The van der Waals surface area contributed by atoms with E-state index < -0.39 is 14.9 Å². The van der Waals surface area contributed by atoms with Crippen molar-refractivity contribution in [2.24, 2.45) is 0 Å². The Bertz CT molecular complexity index is 669. The lowest BCUT2D eigenvalue weighted by Crippen LogP contribution is -2.46. The van der Waals surface area contributed by atoms with Crippen molar-refractivity contribution in [2.45, 2.75) is 11.8 Å². The number of likely N-dealkylation sites (N-methyl/N-ethyl adjacent to an activating group) is 1. The molecule has 8 nitrogen and oxygen atoms in total. The third-order valence-electron chi connectivity index (χ3n) is 3.99. The zero-order valence-electron chi connectivity index (χ0n) is 13.4. The van der Waals surface area contributed by atoms with Crippen molar-refractivity contribution in [3.05, 3.63) is 33.9 Å². The molecule has 1 fully saturated rings. The van der Waals surface area contributed by atoms with Crippen molar-refractivity contribution in [1.29, 1.82) is 0 Å². The Morgan fingerprint density at radius 1 is 1.26 bits per heavy atom. The highest BCUT2D eigenvalue weighted by molar-refractivity contribution is 7.89. The van der Waals surface area contributed by atoms with Crippen LogP contribution in [0.25, 0.3) is 0 Å². The summed E-state index contributed by atoms with van der Waals surface area (Å²) in [5.41, 5.74) is 0.262. The average Bonchev–Trinajstić information content (AvgIpc) is 2.49. The minimum absolute atomic E-state index is 0.0370. The van der Waals surface area contributed by atoms with E-state index in [0.717, 1.165) is 32.2 Å². The van der Waals surface area contributed by atoms with E-state index in [2.05, 4.69) is 21.6 Å². The summed E-state index contributed by atoms with van der Waals surface area (Å²) in [7, 11) is -1.69. The maximum absolute atomic E-state index is 12.4. The summed E-state index contributed by atoms with van der Waals surface area (Å²) in [6, 6.07) is 3.86. The van der Waals surface area contributed by atoms with Crippen LogP contribution in [0.2, 0.25) is 0 Å². The van der Waals surface area contributed by atoms with Gasteiger partial charge in [-0.2, -0.15) is 0 Å². The van der Waals surface area contributed by atoms with Gasteiger partial charge in [0, 0.05) is 51.4 Å². The van der Waals surface area contributed by atoms with Crippen LogP contribution in [0.3, 0.4) is 0 Å². The van der Waals surface area contributed by atoms with Crippen LogP contribution in [0.15, 0.2) is 23.1 Å². The molecule has 0 saturated carbocycles. The van der Waals surface area contributed by atoms with Crippen LogP contribution in [-0.4, -0.2) is 69.5 Å². The Labute approximate surface area is 136 Å². The lowest BCUT2D eigenvalue weighted by atomic mass is 10.2. The van der Waals surface area contributed by atoms with Gasteiger partial charge in [-0.1, -0.05) is 6.07 Å². The highest BCUT2D eigenvalue weighted by atomic mass is 32.2. The second kappa shape index (κ2) is 7.35.